The van der Waals surface area contributed by atoms with Gasteiger partial charge in [-0.1, -0.05) is 0 Å². The molecule has 0 N–H and O–H groups in total. The zero-order valence-electron chi connectivity index (χ0n) is 15.7. The van der Waals surface area contributed by atoms with Gasteiger partial charge in [0.05, 0.1) is 12.1 Å². The maximum Gasteiger partial charge on any atom is 0.346 e. The van der Waals surface area contributed by atoms with E-state index in [1.54, 1.807) is 6.07 Å². The Morgan fingerprint density at radius 1 is 1.20 bits per heavy atom. The van der Waals surface area contributed by atoms with Gasteiger partial charge in [-0.15, -0.1) is 0 Å². The molecule has 152 valence electrons. The largest absolute Gasteiger partial charge is 0.474 e. The van der Waals surface area contributed by atoms with E-state index in [1.165, 1.54) is 27.6 Å². The highest BCUT2D eigenvalue weighted by atomic mass is 19.1. The Morgan fingerprint density at radius 3 is 2.70 bits per heavy atom. The number of rotatable bonds is 4. The first-order valence-electron chi connectivity index (χ1n) is 9.57. The summed E-state index contributed by atoms with van der Waals surface area (Å²) < 4.78 is 36.0. The molecule has 0 amide bonds. The minimum absolute atomic E-state index is 0.0324. The number of aryl methyl sites for hydroxylation is 1. The van der Waals surface area contributed by atoms with Crippen molar-refractivity contribution in [3.8, 4) is 11.9 Å². The van der Waals surface area contributed by atoms with Crippen molar-refractivity contribution in [2.45, 2.75) is 43.9 Å². The average molecular weight is 410 g/mol. The normalized spacial score (nSPS) is 22.2. The van der Waals surface area contributed by atoms with E-state index in [4.69, 9.17) is 10.00 Å². The molecular weight excluding hydrogens is 394 g/mol. The maximum absolute atomic E-state index is 13.6. The third-order valence-electron chi connectivity index (χ3n) is 5.56. The molecular formula is C20H16F2N6O2. The number of aromatic nitrogens is 5. The molecule has 1 aromatic carbocycles. The van der Waals surface area contributed by atoms with Gasteiger partial charge in [-0.2, -0.15) is 15.3 Å². The smallest absolute Gasteiger partial charge is 0.346 e. The van der Waals surface area contributed by atoms with Gasteiger partial charge in [0.15, 0.2) is 0 Å². The lowest BCUT2D eigenvalue weighted by molar-refractivity contribution is 0.0583. The fraction of sp³-hybridized carbons (Fsp3) is 0.350. The average Bonchev–Trinajstić information content (AvgIpc) is 3.24. The number of ether oxygens (including phenoxy) is 1. The van der Waals surface area contributed by atoms with Crippen LogP contribution in [0.2, 0.25) is 0 Å². The zero-order chi connectivity index (χ0) is 20.8. The predicted molar refractivity (Wildman–Crippen MR) is 98.7 cm³/mol. The highest BCUT2D eigenvalue weighted by molar-refractivity contribution is 5.25. The lowest BCUT2D eigenvalue weighted by atomic mass is 9.89. The summed E-state index contributed by atoms with van der Waals surface area (Å²) in [6, 6.07) is 6.22. The fourth-order valence-corrected chi connectivity index (χ4v) is 4.10. The van der Waals surface area contributed by atoms with E-state index < -0.39 is 17.7 Å². The van der Waals surface area contributed by atoms with Gasteiger partial charge in [0.1, 0.15) is 29.6 Å². The standard InChI is InChI=1S/C20H16F2N6O2/c21-12-5-11(6-13(22)7-12)16-1-2-18-26-28(20(29)27(16)18)14-8-15(9-14)30-19-3-4-24-17(10-23)25-19/h3-7,14-16H,1-2,8-9H2/t14-,15-,16-/m0/s1. The molecule has 2 aromatic heterocycles. The third-order valence-corrected chi connectivity index (χ3v) is 5.56. The van der Waals surface area contributed by atoms with Gasteiger partial charge >= 0.3 is 5.69 Å². The predicted octanol–water partition coefficient (Wildman–Crippen LogP) is 2.30. The van der Waals surface area contributed by atoms with Crippen LogP contribution in [0.1, 0.15) is 48.6 Å². The second-order valence-corrected chi connectivity index (χ2v) is 7.47. The highest BCUT2D eigenvalue weighted by Gasteiger charge is 2.38. The van der Waals surface area contributed by atoms with E-state index in [2.05, 4.69) is 15.1 Å². The second kappa shape index (κ2) is 7.02. The summed E-state index contributed by atoms with van der Waals surface area (Å²) in [5.41, 5.74) is 0.147. The van der Waals surface area contributed by atoms with E-state index >= 15 is 0 Å². The first-order chi connectivity index (χ1) is 14.5. The van der Waals surface area contributed by atoms with Gasteiger partial charge in [-0.3, -0.25) is 4.57 Å². The Morgan fingerprint density at radius 2 is 1.97 bits per heavy atom. The molecule has 1 fully saturated rings. The summed E-state index contributed by atoms with van der Waals surface area (Å²) in [5, 5.41) is 13.3. The molecule has 1 aliphatic carbocycles. The Labute approximate surface area is 169 Å². The first-order valence-corrected chi connectivity index (χ1v) is 9.57. The molecule has 0 unspecified atom stereocenters. The van der Waals surface area contributed by atoms with Crippen LogP contribution >= 0.6 is 0 Å². The summed E-state index contributed by atoms with van der Waals surface area (Å²) in [7, 11) is 0. The van der Waals surface area contributed by atoms with E-state index in [-0.39, 0.29) is 23.7 Å². The molecule has 0 spiro atoms. The Bertz CT molecular complexity index is 1200. The molecule has 1 aliphatic heterocycles. The van der Waals surface area contributed by atoms with Gasteiger partial charge in [0, 0.05) is 37.6 Å². The number of nitrogens with zero attached hydrogens (tertiary/aromatic N) is 6. The number of halogens is 2. The quantitative estimate of drug-likeness (QED) is 0.655. The molecule has 0 saturated heterocycles. The number of fused-ring (bicyclic) bond motifs is 1. The number of benzene rings is 1. The van der Waals surface area contributed by atoms with Crippen LogP contribution in [-0.2, 0) is 6.42 Å². The van der Waals surface area contributed by atoms with Crippen LogP contribution in [0.5, 0.6) is 5.88 Å². The lowest BCUT2D eigenvalue weighted by Gasteiger charge is -2.34. The number of hydrogen-bond acceptors (Lipinski definition) is 6. The summed E-state index contributed by atoms with van der Waals surface area (Å²) in [6.45, 7) is 0. The Hall–Kier alpha value is -3.61. The molecule has 2 aliphatic rings. The van der Waals surface area contributed by atoms with Crippen molar-refractivity contribution < 1.29 is 13.5 Å². The van der Waals surface area contributed by atoms with Crippen molar-refractivity contribution in [1.82, 2.24) is 24.3 Å². The summed E-state index contributed by atoms with van der Waals surface area (Å²) in [6.07, 6.45) is 3.59. The van der Waals surface area contributed by atoms with E-state index in [9.17, 15) is 13.6 Å². The maximum atomic E-state index is 13.6. The zero-order valence-corrected chi connectivity index (χ0v) is 15.7. The molecule has 30 heavy (non-hydrogen) atoms. The monoisotopic (exact) mass is 410 g/mol. The van der Waals surface area contributed by atoms with Gasteiger partial charge in [0.25, 0.3) is 0 Å². The number of hydrogen-bond donors (Lipinski definition) is 0. The van der Waals surface area contributed by atoms with Crippen LogP contribution < -0.4 is 10.4 Å². The van der Waals surface area contributed by atoms with Crippen LogP contribution in [0, 0.1) is 23.0 Å². The van der Waals surface area contributed by atoms with E-state index in [1.807, 2.05) is 6.07 Å². The molecule has 8 nitrogen and oxygen atoms in total. The third kappa shape index (κ3) is 3.12. The lowest BCUT2D eigenvalue weighted by Crippen LogP contribution is -2.41. The van der Waals surface area contributed by atoms with Gasteiger partial charge < -0.3 is 4.74 Å². The van der Waals surface area contributed by atoms with Crippen molar-refractivity contribution in [3.05, 3.63) is 69.8 Å². The Balaban J connectivity index is 1.32. The van der Waals surface area contributed by atoms with Crippen molar-refractivity contribution in [2.75, 3.05) is 0 Å². The van der Waals surface area contributed by atoms with Crippen LogP contribution in [0.4, 0.5) is 8.78 Å². The van der Waals surface area contributed by atoms with Crippen LogP contribution in [0.15, 0.2) is 35.3 Å². The molecule has 10 heteroatoms. The Kier molecular flexibility index (Phi) is 4.31. The van der Waals surface area contributed by atoms with Crippen molar-refractivity contribution in [1.29, 1.82) is 5.26 Å². The van der Waals surface area contributed by atoms with Gasteiger partial charge in [-0.25, -0.2) is 23.2 Å². The highest BCUT2D eigenvalue weighted by Crippen LogP contribution is 2.35. The molecule has 3 heterocycles. The van der Waals surface area contributed by atoms with Crippen molar-refractivity contribution in [2.24, 2.45) is 0 Å². The first kappa shape index (κ1) is 18.4. The van der Waals surface area contributed by atoms with Gasteiger partial charge in [0.2, 0.25) is 11.7 Å². The topological polar surface area (TPSA) is 98.6 Å². The fourth-order valence-electron chi connectivity index (χ4n) is 4.10. The van der Waals surface area contributed by atoms with Gasteiger partial charge in [-0.05, 0) is 24.1 Å². The minimum atomic E-state index is -0.665. The van der Waals surface area contributed by atoms with E-state index in [0.29, 0.717) is 43.0 Å². The molecule has 0 bridgehead atoms. The number of nitriles is 1. The molecule has 3 aromatic rings. The summed E-state index contributed by atoms with van der Waals surface area (Å²) >= 11 is 0. The van der Waals surface area contributed by atoms with E-state index in [0.717, 1.165) is 6.07 Å². The van der Waals surface area contributed by atoms with Crippen LogP contribution in [-0.4, -0.2) is 30.4 Å². The second-order valence-electron chi connectivity index (χ2n) is 7.47. The summed E-state index contributed by atoms with van der Waals surface area (Å²) in [4.78, 5) is 20.8. The molecule has 1 atom stereocenters. The molecule has 1 saturated carbocycles. The summed E-state index contributed by atoms with van der Waals surface area (Å²) in [5.74, 6) is -0.361. The minimum Gasteiger partial charge on any atom is -0.474 e. The van der Waals surface area contributed by atoms with Crippen molar-refractivity contribution >= 4 is 0 Å². The van der Waals surface area contributed by atoms with Crippen LogP contribution in [0.25, 0.3) is 0 Å². The van der Waals surface area contributed by atoms with Crippen LogP contribution in [0.3, 0.4) is 0 Å². The molecule has 5 rings (SSSR count). The van der Waals surface area contributed by atoms with Crippen molar-refractivity contribution in [3.63, 3.8) is 0 Å². The SMILES string of the molecule is N#Cc1nccc(O[C@H]2C[C@H](n3nc4n(c3=O)[C@H](c3cc(F)cc(F)c3)CC4)C2)n1. The molecule has 0 radical (unpaired) electrons.